The third-order valence-electron chi connectivity index (χ3n) is 6.08. The van der Waals surface area contributed by atoms with Crippen molar-refractivity contribution in [3.8, 4) is 5.75 Å². The lowest BCUT2D eigenvalue weighted by molar-refractivity contribution is -0.132. The number of likely N-dealkylation sites (N-methyl/N-ethyl adjacent to an activating group) is 1. The maximum Gasteiger partial charge on any atom is 0.240 e. The molecule has 4 atom stereocenters. The second-order valence-corrected chi connectivity index (χ2v) is 8.13. The number of amides is 1. The fourth-order valence-electron chi connectivity index (χ4n) is 4.64. The first-order valence-electron chi connectivity index (χ1n) is 9.77. The highest BCUT2D eigenvalue weighted by Crippen LogP contribution is 2.30. The Morgan fingerprint density at radius 2 is 2.12 bits per heavy atom. The molecule has 6 nitrogen and oxygen atoms in total. The number of hydrazine groups is 1. The molecule has 6 heteroatoms. The van der Waals surface area contributed by atoms with Crippen molar-refractivity contribution in [1.82, 2.24) is 20.7 Å². The molecule has 0 radical (unpaired) electrons. The zero-order valence-corrected chi connectivity index (χ0v) is 15.8. The van der Waals surface area contributed by atoms with Crippen molar-refractivity contribution >= 4 is 5.91 Å². The largest absolute Gasteiger partial charge is 0.493 e. The average Bonchev–Trinajstić information content (AvgIpc) is 2.94. The first kappa shape index (κ1) is 17.8. The Bertz CT molecular complexity index is 650. The van der Waals surface area contributed by atoms with Crippen LogP contribution in [0.25, 0.3) is 0 Å². The third-order valence-corrected chi connectivity index (χ3v) is 6.08. The number of nitrogens with one attached hydrogen (secondary N) is 2. The molecule has 0 aliphatic carbocycles. The number of carbonyl (C=O) groups is 1. The summed E-state index contributed by atoms with van der Waals surface area (Å²) in [6.07, 6.45) is 3.27. The van der Waals surface area contributed by atoms with Crippen molar-refractivity contribution in [3.05, 3.63) is 29.8 Å². The molecule has 142 valence electrons. The SMILES string of the molecule is CN(C)C(=O)C1NNC2CCN(CC3CCOc4ccccc4C3)CC21. The minimum absolute atomic E-state index is 0.115. The standard InChI is InChI=1S/C20H30N4O2/c1-23(2)20(25)19-16-13-24(9-7-17(16)21-22-19)12-14-8-10-26-18-6-4-3-5-15(18)11-14/h3-6,14,16-17,19,21-22H,7-13H2,1-2H3. The summed E-state index contributed by atoms with van der Waals surface area (Å²) in [4.78, 5) is 16.7. The quantitative estimate of drug-likeness (QED) is 0.840. The number of piperidine rings is 1. The fraction of sp³-hybridized carbons (Fsp3) is 0.650. The summed E-state index contributed by atoms with van der Waals surface area (Å²) >= 11 is 0. The van der Waals surface area contributed by atoms with Gasteiger partial charge in [0.25, 0.3) is 0 Å². The summed E-state index contributed by atoms with van der Waals surface area (Å²) in [5, 5.41) is 0. The molecule has 1 aromatic carbocycles. The maximum absolute atomic E-state index is 12.5. The van der Waals surface area contributed by atoms with Crippen molar-refractivity contribution in [2.75, 3.05) is 40.3 Å². The van der Waals surface area contributed by atoms with Gasteiger partial charge in [0.1, 0.15) is 11.8 Å². The minimum Gasteiger partial charge on any atom is -0.493 e. The van der Waals surface area contributed by atoms with Crippen LogP contribution in [-0.2, 0) is 11.2 Å². The van der Waals surface area contributed by atoms with E-state index in [2.05, 4.69) is 34.0 Å². The van der Waals surface area contributed by atoms with Gasteiger partial charge < -0.3 is 14.5 Å². The van der Waals surface area contributed by atoms with Crippen LogP contribution in [0.15, 0.2) is 24.3 Å². The molecule has 2 N–H and O–H groups in total. The van der Waals surface area contributed by atoms with E-state index in [4.69, 9.17) is 4.74 Å². The van der Waals surface area contributed by atoms with E-state index in [9.17, 15) is 4.79 Å². The van der Waals surface area contributed by atoms with Gasteiger partial charge in [-0.3, -0.25) is 10.2 Å². The van der Waals surface area contributed by atoms with Crippen LogP contribution in [0.3, 0.4) is 0 Å². The summed E-state index contributed by atoms with van der Waals surface area (Å²) < 4.78 is 5.92. The molecule has 1 aromatic rings. The number of benzene rings is 1. The van der Waals surface area contributed by atoms with E-state index in [-0.39, 0.29) is 11.9 Å². The molecule has 4 rings (SSSR count). The first-order valence-corrected chi connectivity index (χ1v) is 9.77. The number of likely N-dealkylation sites (tertiary alicyclic amines) is 1. The van der Waals surface area contributed by atoms with Gasteiger partial charge in [-0.2, -0.15) is 0 Å². The number of ether oxygens (including phenoxy) is 1. The second kappa shape index (κ2) is 7.55. The highest BCUT2D eigenvalue weighted by Gasteiger charge is 2.43. The normalized spacial score (nSPS) is 31.5. The Balaban J connectivity index is 1.39. The number of carbonyl (C=O) groups excluding carboxylic acids is 1. The van der Waals surface area contributed by atoms with E-state index in [1.807, 2.05) is 20.2 Å². The van der Waals surface area contributed by atoms with Crippen LogP contribution in [0, 0.1) is 11.8 Å². The van der Waals surface area contributed by atoms with Crippen LogP contribution in [-0.4, -0.2) is 68.1 Å². The van der Waals surface area contributed by atoms with Crippen LogP contribution < -0.4 is 15.6 Å². The molecule has 4 unspecified atom stereocenters. The monoisotopic (exact) mass is 358 g/mol. The molecule has 0 bridgehead atoms. The number of hydrogen-bond acceptors (Lipinski definition) is 5. The fourth-order valence-corrected chi connectivity index (χ4v) is 4.64. The van der Waals surface area contributed by atoms with Gasteiger partial charge in [0.05, 0.1) is 6.61 Å². The van der Waals surface area contributed by atoms with Crippen LogP contribution in [0.5, 0.6) is 5.75 Å². The van der Waals surface area contributed by atoms with Crippen molar-refractivity contribution in [1.29, 1.82) is 0 Å². The Morgan fingerprint density at radius 1 is 1.27 bits per heavy atom. The number of rotatable bonds is 3. The zero-order chi connectivity index (χ0) is 18.1. The van der Waals surface area contributed by atoms with Crippen molar-refractivity contribution in [2.24, 2.45) is 11.8 Å². The molecule has 3 aliphatic heterocycles. The smallest absolute Gasteiger partial charge is 0.240 e. The number of fused-ring (bicyclic) bond motifs is 2. The van der Waals surface area contributed by atoms with Gasteiger partial charge in [-0.25, -0.2) is 5.43 Å². The molecule has 26 heavy (non-hydrogen) atoms. The highest BCUT2D eigenvalue weighted by molar-refractivity contribution is 5.82. The minimum atomic E-state index is -0.115. The molecule has 0 saturated carbocycles. The predicted octanol–water partition coefficient (Wildman–Crippen LogP) is 0.883. The number of nitrogens with zero attached hydrogens (tertiary/aromatic N) is 2. The van der Waals surface area contributed by atoms with Gasteiger partial charge in [-0.05, 0) is 43.4 Å². The van der Waals surface area contributed by atoms with Gasteiger partial charge in [-0.1, -0.05) is 18.2 Å². The average molecular weight is 358 g/mol. The third kappa shape index (κ3) is 3.59. The Kier molecular flexibility index (Phi) is 5.16. The summed E-state index contributed by atoms with van der Waals surface area (Å²) in [5.41, 5.74) is 7.91. The molecule has 2 fully saturated rings. The van der Waals surface area contributed by atoms with Gasteiger partial charge >= 0.3 is 0 Å². The Morgan fingerprint density at radius 3 is 2.96 bits per heavy atom. The summed E-state index contributed by atoms with van der Waals surface area (Å²) in [6.45, 7) is 3.96. The molecule has 2 saturated heterocycles. The molecule has 0 aromatic heterocycles. The lowest BCUT2D eigenvalue weighted by atomic mass is 9.86. The van der Waals surface area contributed by atoms with Gasteiger partial charge in [-0.15, -0.1) is 0 Å². The summed E-state index contributed by atoms with van der Waals surface area (Å²) in [7, 11) is 3.67. The summed E-state index contributed by atoms with van der Waals surface area (Å²) in [5.74, 6) is 2.17. The van der Waals surface area contributed by atoms with E-state index < -0.39 is 0 Å². The predicted molar refractivity (Wildman–Crippen MR) is 101 cm³/mol. The van der Waals surface area contributed by atoms with Crippen molar-refractivity contribution < 1.29 is 9.53 Å². The van der Waals surface area contributed by atoms with E-state index >= 15 is 0 Å². The van der Waals surface area contributed by atoms with Crippen LogP contribution in [0.4, 0.5) is 0 Å². The molecule has 0 spiro atoms. The Hall–Kier alpha value is -1.63. The van der Waals surface area contributed by atoms with E-state index in [1.165, 1.54) is 5.56 Å². The van der Waals surface area contributed by atoms with Gasteiger partial charge in [0.15, 0.2) is 0 Å². The maximum atomic E-state index is 12.5. The van der Waals surface area contributed by atoms with Crippen molar-refractivity contribution in [2.45, 2.75) is 31.3 Å². The second-order valence-electron chi connectivity index (χ2n) is 8.13. The molecular formula is C20H30N4O2. The molecular weight excluding hydrogens is 328 g/mol. The summed E-state index contributed by atoms with van der Waals surface area (Å²) in [6, 6.07) is 8.71. The van der Waals surface area contributed by atoms with Gasteiger partial charge in [0, 0.05) is 39.1 Å². The zero-order valence-electron chi connectivity index (χ0n) is 15.8. The van der Waals surface area contributed by atoms with Crippen LogP contribution >= 0.6 is 0 Å². The van der Waals surface area contributed by atoms with E-state index in [0.29, 0.717) is 17.9 Å². The topological polar surface area (TPSA) is 56.8 Å². The van der Waals surface area contributed by atoms with E-state index in [1.54, 1.807) is 4.90 Å². The van der Waals surface area contributed by atoms with Crippen LogP contribution in [0.1, 0.15) is 18.4 Å². The van der Waals surface area contributed by atoms with Crippen LogP contribution in [0.2, 0.25) is 0 Å². The highest BCUT2D eigenvalue weighted by atomic mass is 16.5. The van der Waals surface area contributed by atoms with Crippen molar-refractivity contribution in [3.63, 3.8) is 0 Å². The molecule has 1 amide bonds. The van der Waals surface area contributed by atoms with E-state index in [0.717, 1.165) is 51.3 Å². The number of hydrogen-bond donors (Lipinski definition) is 2. The molecule has 3 aliphatic rings. The number of para-hydroxylation sites is 1. The lowest BCUT2D eigenvalue weighted by Crippen LogP contribution is -2.51. The lowest BCUT2D eigenvalue weighted by Gasteiger charge is -2.37. The van der Waals surface area contributed by atoms with Gasteiger partial charge in [0.2, 0.25) is 5.91 Å². The first-order chi connectivity index (χ1) is 12.6. The molecule has 3 heterocycles. The Labute approximate surface area is 155 Å².